The van der Waals surface area contributed by atoms with Crippen LogP contribution < -0.4 is 10.2 Å². The number of aryl methyl sites for hydroxylation is 1. The summed E-state index contributed by atoms with van der Waals surface area (Å²) in [6.45, 7) is 12.9. The first-order valence-corrected chi connectivity index (χ1v) is 13.9. The van der Waals surface area contributed by atoms with Crippen molar-refractivity contribution in [1.82, 2.24) is 14.7 Å². The lowest BCUT2D eigenvalue weighted by Gasteiger charge is -2.40. The van der Waals surface area contributed by atoms with E-state index < -0.39 is 23.6 Å². The summed E-state index contributed by atoms with van der Waals surface area (Å²) in [7, 11) is 0. The Labute approximate surface area is 239 Å². The minimum Gasteiger partial charge on any atom is -0.479 e. The molecule has 1 atom stereocenters. The molecule has 2 aromatic heterocycles. The van der Waals surface area contributed by atoms with Gasteiger partial charge in [0, 0.05) is 31.3 Å². The van der Waals surface area contributed by atoms with Gasteiger partial charge < -0.3 is 20.1 Å². The van der Waals surface area contributed by atoms with Crippen molar-refractivity contribution in [2.45, 2.75) is 72.5 Å². The maximum atomic E-state index is 13.2. The van der Waals surface area contributed by atoms with Crippen LogP contribution in [0.2, 0.25) is 0 Å². The van der Waals surface area contributed by atoms with Crippen LogP contribution >= 0.6 is 0 Å². The number of fused-ring (bicyclic) bond motifs is 1. The molecule has 0 aliphatic carbocycles. The second-order valence-electron chi connectivity index (χ2n) is 12.5. The highest BCUT2D eigenvalue weighted by Crippen LogP contribution is 2.39. The Kier molecular flexibility index (Phi) is 8.54. The average Bonchev–Trinajstić information content (AvgIpc) is 3.30. The maximum Gasteiger partial charge on any atom is 0.337 e. The Balaban J connectivity index is 1.67. The van der Waals surface area contributed by atoms with Crippen LogP contribution in [0.5, 0.6) is 0 Å². The maximum absolute atomic E-state index is 13.2. The van der Waals surface area contributed by atoms with Gasteiger partial charge in [0.15, 0.2) is 11.9 Å². The second-order valence-corrected chi connectivity index (χ2v) is 12.5. The van der Waals surface area contributed by atoms with Crippen LogP contribution in [0, 0.1) is 18.2 Å². The monoisotopic (exact) mass is 566 g/mol. The number of aromatic nitrogens is 2. The zero-order valence-corrected chi connectivity index (χ0v) is 24.6. The molecule has 1 aromatic carbocycles. The highest BCUT2D eigenvalue weighted by Gasteiger charge is 2.35. The number of pyridine rings is 1. The Morgan fingerprint density at radius 2 is 1.78 bits per heavy atom. The van der Waals surface area contributed by atoms with E-state index in [1.165, 1.54) is 24.3 Å². The number of hydrogen-bond acceptors (Lipinski definition) is 6. The molecule has 0 spiro atoms. The summed E-state index contributed by atoms with van der Waals surface area (Å²) in [5.41, 5.74) is 1.92. The molecule has 9 nitrogen and oxygen atoms in total. The van der Waals surface area contributed by atoms with Crippen LogP contribution in [0.3, 0.4) is 0 Å². The van der Waals surface area contributed by atoms with Crippen molar-refractivity contribution >= 4 is 29.1 Å². The minimum absolute atomic E-state index is 0.0636. The van der Waals surface area contributed by atoms with E-state index in [9.17, 15) is 23.9 Å². The van der Waals surface area contributed by atoms with E-state index in [0.717, 1.165) is 12.8 Å². The van der Waals surface area contributed by atoms with Crippen molar-refractivity contribution < 1.29 is 28.6 Å². The first-order chi connectivity index (χ1) is 19.1. The van der Waals surface area contributed by atoms with Gasteiger partial charge in [-0.1, -0.05) is 26.0 Å². The number of carbonyl (C=O) groups is 3. The highest BCUT2D eigenvalue weighted by molar-refractivity contribution is 5.96. The third-order valence-electron chi connectivity index (χ3n) is 7.34. The van der Waals surface area contributed by atoms with E-state index in [1.54, 1.807) is 16.7 Å². The normalized spacial score (nSPS) is 16.0. The number of ether oxygens (including phenoxy) is 1. The third kappa shape index (κ3) is 7.30. The minimum atomic E-state index is -1.23. The number of carboxylic acids is 1. The smallest absolute Gasteiger partial charge is 0.337 e. The molecule has 1 fully saturated rings. The lowest BCUT2D eigenvalue weighted by molar-refractivity contribution is -0.160. The van der Waals surface area contributed by atoms with Gasteiger partial charge in [-0.15, -0.1) is 0 Å². The number of amides is 1. The summed E-state index contributed by atoms with van der Waals surface area (Å²) in [6.07, 6.45) is 2.25. The van der Waals surface area contributed by atoms with E-state index in [0.29, 0.717) is 41.2 Å². The van der Waals surface area contributed by atoms with Crippen molar-refractivity contribution in [3.63, 3.8) is 0 Å². The van der Waals surface area contributed by atoms with Crippen molar-refractivity contribution in [1.29, 1.82) is 0 Å². The summed E-state index contributed by atoms with van der Waals surface area (Å²) in [5, 5.41) is 12.9. The molecule has 1 aliphatic rings. The quantitative estimate of drug-likeness (QED) is 0.379. The van der Waals surface area contributed by atoms with Gasteiger partial charge in [0.25, 0.3) is 5.91 Å². The SMILES string of the molecule is Cc1cc2nc(C(=O)NCC(=O)Cc3ccc(F)cc3)cn2c(N2CCC(C)(C)CC2)c1C(OC(C)(C)C)C(=O)O. The van der Waals surface area contributed by atoms with Crippen molar-refractivity contribution in [2.24, 2.45) is 5.41 Å². The summed E-state index contributed by atoms with van der Waals surface area (Å²) < 4.78 is 21.0. The molecule has 3 aromatic rings. The fourth-order valence-electron chi connectivity index (χ4n) is 5.07. The number of benzene rings is 1. The molecule has 4 rings (SSSR count). The predicted molar refractivity (Wildman–Crippen MR) is 154 cm³/mol. The first-order valence-electron chi connectivity index (χ1n) is 13.9. The van der Waals surface area contributed by atoms with Gasteiger partial charge in [0.1, 0.15) is 23.0 Å². The number of rotatable bonds is 9. The molecule has 10 heteroatoms. The van der Waals surface area contributed by atoms with Crippen LogP contribution in [0.4, 0.5) is 10.2 Å². The number of hydrogen-bond donors (Lipinski definition) is 2. The van der Waals surface area contributed by atoms with Gasteiger partial charge in [-0.2, -0.15) is 0 Å². The number of Topliss-reactive ketones (excluding diaryl/α,β-unsaturated/α-hetero) is 1. The van der Waals surface area contributed by atoms with Crippen LogP contribution in [0.15, 0.2) is 36.5 Å². The Morgan fingerprint density at radius 3 is 2.37 bits per heavy atom. The van der Waals surface area contributed by atoms with Gasteiger partial charge in [-0.3, -0.25) is 14.0 Å². The highest BCUT2D eigenvalue weighted by atomic mass is 19.1. The first kappa shape index (κ1) is 30.2. The van der Waals surface area contributed by atoms with E-state index in [4.69, 9.17) is 4.74 Å². The zero-order chi connectivity index (χ0) is 30.1. The fraction of sp³-hybridized carbons (Fsp3) is 0.484. The summed E-state index contributed by atoms with van der Waals surface area (Å²) in [5.74, 6) is -1.59. The molecule has 0 bridgehead atoms. The largest absolute Gasteiger partial charge is 0.479 e. The number of ketones is 1. The topological polar surface area (TPSA) is 113 Å². The van der Waals surface area contributed by atoms with Gasteiger partial charge in [0.2, 0.25) is 0 Å². The molecule has 0 radical (unpaired) electrons. The van der Waals surface area contributed by atoms with Gasteiger partial charge in [-0.25, -0.2) is 14.2 Å². The predicted octanol–water partition coefficient (Wildman–Crippen LogP) is 4.89. The molecule has 220 valence electrons. The van der Waals surface area contributed by atoms with E-state index in [1.807, 2.05) is 27.7 Å². The lowest BCUT2D eigenvalue weighted by atomic mass is 9.82. The van der Waals surface area contributed by atoms with Crippen LogP contribution in [-0.2, 0) is 20.7 Å². The molecule has 41 heavy (non-hydrogen) atoms. The summed E-state index contributed by atoms with van der Waals surface area (Å²) >= 11 is 0. The van der Waals surface area contributed by atoms with E-state index >= 15 is 0 Å². The van der Waals surface area contributed by atoms with Crippen LogP contribution in [-0.4, -0.2) is 57.4 Å². The molecule has 1 unspecified atom stereocenters. The zero-order valence-electron chi connectivity index (χ0n) is 24.6. The van der Waals surface area contributed by atoms with E-state index in [-0.39, 0.29) is 35.7 Å². The number of piperidine rings is 1. The van der Waals surface area contributed by atoms with Crippen LogP contribution in [0.25, 0.3) is 5.65 Å². The van der Waals surface area contributed by atoms with Gasteiger partial charge in [0.05, 0.1) is 12.1 Å². The number of anilines is 1. The van der Waals surface area contributed by atoms with E-state index in [2.05, 4.69) is 29.0 Å². The number of nitrogens with one attached hydrogen (secondary N) is 1. The Hall–Kier alpha value is -3.79. The van der Waals surface area contributed by atoms with Crippen molar-refractivity contribution in [3.05, 3.63) is 64.7 Å². The Bertz CT molecular complexity index is 1450. The van der Waals surface area contributed by atoms with Crippen molar-refractivity contribution in [3.8, 4) is 0 Å². The molecule has 0 saturated carbocycles. The number of imidazole rings is 1. The number of aliphatic carboxylic acids is 1. The molecule has 1 saturated heterocycles. The Morgan fingerprint density at radius 1 is 1.15 bits per heavy atom. The summed E-state index contributed by atoms with van der Waals surface area (Å²) in [6, 6.07) is 7.40. The lowest BCUT2D eigenvalue weighted by Crippen LogP contribution is -2.40. The van der Waals surface area contributed by atoms with Gasteiger partial charge in [-0.05, 0) is 75.3 Å². The molecular formula is C31H39FN4O5. The fourth-order valence-corrected chi connectivity index (χ4v) is 5.07. The van der Waals surface area contributed by atoms with Crippen LogP contribution in [0.1, 0.15) is 80.7 Å². The molecule has 2 N–H and O–H groups in total. The number of carbonyl (C=O) groups excluding carboxylic acids is 2. The molecule has 1 amide bonds. The number of carboxylic acid groups (broad SMARTS) is 1. The number of halogens is 1. The average molecular weight is 567 g/mol. The molecule has 3 heterocycles. The summed E-state index contributed by atoms with van der Waals surface area (Å²) in [4.78, 5) is 44.7. The second kappa shape index (κ2) is 11.6. The standard InChI is InChI=1S/C31H39FN4O5/c1-19-15-24-34-23(27(38)33-17-22(37)16-20-7-9-21(32)10-8-20)18-36(24)28(35-13-11-31(5,6)12-14-35)25(19)26(29(39)40)41-30(2,3)4/h7-10,15,18,26H,11-14,16-17H2,1-6H3,(H,33,38)(H,39,40). The molecular weight excluding hydrogens is 527 g/mol. The van der Waals surface area contributed by atoms with Crippen molar-refractivity contribution in [2.75, 3.05) is 24.5 Å². The molecule has 1 aliphatic heterocycles. The number of nitrogens with zero attached hydrogens (tertiary/aromatic N) is 3. The van der Waals surface area contributed by atoms with Gasteiger partial charge >= 0.3 is 5.97 Å². The third-order valence-corrected chi connectivity index (χ3v) is 7.34.